The van der Waals surface area contributed by atoms with Crippen LogP contribution in [0.4, 0.5) is 5.69 Å². The molecule has 0 aliphatic carbocycles. The number of fused-ring (bicyclic) bond motifs is 1. The number of halogens is 1. The zero-order chi connectivity index (χ0) is 14.8. The van der Waals surface area contributed by atoms with Crippen LogP contribution in [-0.4, -0.2) is 14.5 Å². The van der Waals surface area contributed by atoms with Gasteiger partial charge in [0.25, 0.3) is 0 Å². The quantitative estimate of drug-likeness (QED) is 0.776. The smallest absolute Gasteiger partial charge is 0.137 e. The van der Waals surface area contributed by atoms with Gasteiger partial charge in [0.2, 0.25) is 0 Å². The highest BCUT2D eigenvalue weighted by atomic mass is 35.5. The maximum absolute atomic E-state index is 9.18. The van der Waals surface area contributed by atoms with Crippen molar-refractivity contribution in [3.63, 3.8) is 0 Å². The standard InChI is InChI=1S/C16H16ClN3O/c1-11-3-2-4-16-19-13(9-20(11)16)8-18-15-7-12(10-21)5-6-14(15)17/h2-7,9,18,21H,8,10H2,1H3. The van der Waals surface area contributed by atoms with Gasteiger partial charge >= 0.3 is 0 Å². The van der Waals surface area contributed by atoms with E-state index in [0.29, 0.717) is 11.6 Å². The van der Waals surface area contributed by atoms with E-state index in [0.717, 1.165) is 28.3 Å². The summed E-state index contributed by atoms with van der Waals surface area (Å²) in [4.78, 5) is 4.57. The van der Waals surface area contributed by atoms with Gasteiger partial charge in [-0.25, -0.2) is 4.98 Å². The number of imidazole rings is 1. The van der Waals surface area contributed by atoms with E-state index in [4.69, 9.17) is 11.6 Å². The van der Waals surface area contributed by atoms with E-state index in [1.807, 2.05) is 43.5 Å². The highest BCUT2D eigenvalue weighted by Gasteiger charge is 2.05. The van der Waals surface area contributed by atoms with Crippen molar-refractivity contribution in [2.24, 2.45) is 0 Å². The molecule has 1 aromatic carbocycles. The molecule has 0 radical (unpaired) electrons. The molecule has 0 saturated heterocycles. The third-order valence-corrected chi connectivity index (χ3v) is 3.75. The monoisotopic (exact) mass is 301 g/mol. The summed E-state index contributed by atoms with van der Waals surface area (Å²) in [7, 11) is 0. The number of anilines is 1. The van der Waals surface area contributed by atoms with Gasteiger partial charge in [-0.15, -0.1) is 0 Å². The van der Waals surface area contributed by atoms with Crippen LogP contribution in [0.5, 0.6) is 0 Å². The number of pyridine rings is 1. The van der Waals surface area contributed by atoms with Crippen molar-refractivity contribution in [1.29, 1.82) is 0 Å². The van der Waals surface area contributed by atoms with Crippen LogP contribution in [0.15, 0.2) is 42.6 Å². The second-order valence-electron chi connectivity index (χ2n) is 4.95. The van der Waals surface area contributed by atoms with E-state index in [-0.39, 0.29) is 6.61 Å². The number of aromatic nitrogens is 2. The molecule has 2 heterocycles. The molecule has 0 aliphatic heterocycles. The summed E-state index contributed by atoms with van der Waals surface area (Å²) >= 11 is 6.15. The fraction of sp³-hybridized carbons (Fsp3) is 0.188. The minimum Gasteiger partial charge on any atom is -0.392 e. The molecular weight excluding hydrogens is 286 g/mol. The lowest BCUT2D eigenvalue weighted by molar-refractivity contribution is 0.282. The number of nitrogens with zero attached hydrogens (tertiary/aromatic N) is 2. The maximum Gasteiger partial charge on any atom is 0.137 e. The fourth-order valence-electron chi connectivity index (χ4n) is 2.28. The molecule has 0 saturated carbocycles. The van der Waals surface area contributed by atoms with E-state index in [2.05, 4.69) is 14.7 Å². The molecule has 0 amide bonds. The van der Waals surface area contributed by atoms with Gasteiger partial charge in [0.15, 0.2) is 0 Å². The predicted molar refractivity (Wildman–Crippen MR) is 84.6 cm³/mol. The van der Waals surface area contributed by atoms with Crippen LogP contribution in [0.1, 0.15) is 17.0 Å². The van der Waals surface area contributed by atoms with Crippen molar-refractivity contribution in [1.82, 2.24) is 9.38 Å². The van der Waals surface area contributed by atoms with Crippen LogP contribution in [0, 0.1) is 6.92 Å². The number of hydrogen-bond donors (Lipinski definition) is 2. The van der Waals surface area contributed by atoms with Gasteiger partial charge in [-0.3, -0.25) is 0 Å². The Kier molecular flexibility index (Phi) is 3.82. The molecule has 0 aliphatic rings. The maximum atomic E-state index is 9.18. The second-order valence-corrected chi connectivity index (χ2v) is 5.36. The summed E-state index contributed by atoms with van der Waals surface area (Å²) < 4.78 is 2.06. The Morgan fingerprint density at radius 3 is 2.90 bits per heavy atom. The van der Waals surface area contributed by atoms with Gasteiger partial charge in [-0.05, 0) is 36.8 Å². The molecule has 0 bridgehead atoms. The molecule has 5 heteroatoms. The molecule has 0 spiro atoms. The highest BCUT2D eigenvalue weighted by molar-refractivity contribution is 6.33. The molecule has 3 aromatic rings. The van der Waals surface area contributed by atoms with Crippen LogP contribution in [0.3, 0.4) is 0 Å². The van der Waals surface area contributed by atoms with Gasteiger partial charge in [0.05, 0.1) is 29.6 Å². The summed E-state index contributed by atoms with van der Waals surface area (Å²) in [5.41, 5.74) is 4.65. The molecule has 2 N–H and O–H groups in total. The molecule has 21 heavy (non-hydrogen) atoms. The third-order valence-electron chi connectivity index (χ3n) is 3.42. The molecule has 0 unspecified atom stereocenters. The lowest BCUT2D eigenvalue weighted by atomic mass is 10.2. The van der Waals surface area contributed by atoms with Crippen molar-refractivity contribution in [2.75, 3.05) is 5.32 Å². The summed E-state index contributed by atoms with van der Waals surface area (Å²) in [5.74, 6) is 0. The van der Waals surface area contributed by atoms with Crippen LogP contribution in [0.2, 0.25) is 5.02 Å². The number of aliphatic hydroxyl groups excluding tert-OH is 1. The summed E-state index contributed by atoms with van der Waals surface area (Å²) in [6, 6.07) is 11.5. The zero-order valence-electron chi connectivity index (χ0n) is 11.7. The lowest BCUT2D eigenvalue weighted by Gasteiger charge is -2.08. The number of aryl methyl sites for hydroxylation is 1. The molecule has 2 aromatic heterocycles. The normalized spacial score (nSPS) is 11.0. The number of aliphatic hydroxyl groups is 1. The molecule has 0 fully saturated rings. The minimum atomic E-state index is -0.000587. The first kappa shape index (κ1) is 13.9. The Labute approximate surface area is 128 Å². The van der Waals surface area contributed by atoms with Crippen molar-refractivity contribution in [3.05, 3.63) is 64.6 Å². The second kappa shape index (κ2) is 5.76. The Balaban J connectivity index is 1.81. The topological polar surface area (TPSA) is 49.6 Å². The van der Waals surface area contributed by atoms with Gasteiger partial charge in [-0.1, -0.05) is 23.7 Å². The van der Waals surface area contributed by atoms with E-state index in [1.54, 1.807) is 6.07 Å². The molecule has 0 atom stereocenters. The highest BCUT2D eigenvalue weighted by Crippen LogP contribution is 2.23. The molecule has 108 valence electrons. The first-order valence-electron chi connectivity index (χ1n) is 6.74. The lowest BCUT2D eigenvalue weighted by Crippen LogP contribution is -2.01. The largest absolute Gasteiger partial charge is 0.392 e. The Morgan fingerprint density at radius 2 is 2.14 bits per heavy atom. The van der Waals surface area contributed by atoms with Gasteiger partial charge < -0.3 is 14.8 Å². The SMILES string of the molecule is Cc1cccc2nc(CNc3cc(CO)ccc3Cl)cn12. The van der Waals surface area contributed by atoms with E-state index in [1.165, 1.54) is 0 Å². The number of nitrogens with one attached hydrogen (secondary N) is 1. The number of rotatable bonds is 4. The van der Waals surface area contributed by atoms with Crippen molar-refractivity contribution < 1.29 is 5.11 Å². The fourth-order valence-corrected chi connectivity index (χ4v) is 2.46. The van der Waals surface area contributed by atoms with E-state index in [9.17, 15) is 5.11 Å². The Hall–Kier alpha value is -2.04. The zero-order valence-corrected chi connectivity index (χ0v) is 12.4. The average Bonchev–Trinajstić information content (AvgIpc) is 2.91. The van der Waals surface area contributed by atoms with E-state index < -0.39 is 0 Å². The first-order chi connectivity index (χ1) is 10.2. The van der Waals surface area contributed by atoms with E-state index >= 15 is 0 Å². The number of hydrogen-bond acceptors (Lipinski definition) is 3. The Bertz CT molecular complexity index is 782. The first-order valence-corrected chi connectivity index (χ1v) is 7.12. The van der Waals surface area contributed by atoms with Crippen molar-refractivity contribution >= 4 is 22.9 Å². The molecule has 4 nitrogen and oxygen atoms in total. The average molecular weight is 302 g/mol. The van der Waals surface area contributed by atoms with Crippen LogP contribution in [-0.2, 0) is 13.2 Å². The number of benzene rings is 1. The van der Waals surface area contributed by atoms with Gasteiger partial charge in [0.1, 0.15) is 5.65 Å². The third kappa shape index (κ3) is 2.86. The van der Waals surface area contributed by atoms with Gasteiger partial charge in [-0.2, -0.15) is 0 Å². The summed E-state index contributed by atoms with van der Waals surface area (Å²) in [5, 5.41) is 13.1. The van der Waals surface area contributed by atoms with Crippen LogP contribution in [0.25, 0.3) is 5.65 Å². The van der Waals surface area contributed by atoms with Gasteiger partial charge in [0, 0.05) is 11.9 Å². The Morgan fingerprint density at radius 1 is 1.29 bits per heavy atom. The van der Waals surface area contributed by atoms with Crippen LogP contribution < -0.4 is 5.32 Å². The molecule has 3 rings (SSSR count). The minimum absolute atomic E-state index is 0.000587. The molecular formula is C16H16ClN3O. The predicted octanol–water partition coefficient (Wildman–Crippen LogP) is 3.40. The summed E-state index contributed by atoms with van der Waals surface area (Å²) in [6.45, 7) is 2.63. The van der Waals surface area contributed by atoms with Crippen LogP contribution >= 0.6 is 11.6 Å². The summed E-state index contributed by atoms with van der Waals surface area (Å²) in [6.07, 6.45) is 2.02. The van der Waals surface area contributed by atoms with Crippen molar-refractivity contribution in [2.45, 2.75) is 20.1 Å². The van der Waals surface area contributed by atoms with Crippen molar-refractivity contribution in [3.8, 4) is 0 Å².